The van der Waals surface area contributed by atoms with Crippen molar-refractivity contribution in [2.75, 3.05) is 0 Å². The maximum absolute atomic E-state index is 13.2. The lowest BCUT2D eigenvalue weighted by molar-refractivity contribution is 0.617. The molecule has 1 aliphatic carbocycles. The van der Waals surface area contributed by atoms with Crippen molar-refractivity contribution in [3.63, 3.8) is 0 Å². The van der Waals surface area contributed by atoms with Gasteiger partial charge in [0.25, 0.3) is 0 Å². The van der Waals surface area contributed by atoms with E-state index >= 15 is 0 Å². The van der Waals surface area contributed by atoms with Crippen LogP contribution in [-0.2, 0) is 0 Å². The first kappa shape index (κ1) is 11.2. The van der Waals surface area contributed by atoms with Crippen molar-refractivity contribution in [3.8, 4) is 0 Å². The van der Waals surface area contributed by atoms with Crippen molar-refractivity contribution in [1.82, 2.24) is 0 Å². The fraction of sp³-hybridized carbons (Fsp3) is 0.143. The molecule has 0 radical (unpaired) electrons. The highest BCUT2D eigenvalue weighted by atomic mass is 35.5. The number of hydrogen-bond acceptors (Lipinski definition) is 0. The SMILES string of the molecule is C=C1C=CC=C(Cl)C1c1ccc(F)c(C)c1. The molecule has 0 spiro atoms. The quantitative estimate of drug-likeness (QED) is 0.673. The Kier molecular flexibility index (Phi) is 2.97. The molecule has 1 aromatic rings. The van der Waals surface area contributed by atoms with Gasteiger partial charge < -0.3 is 0 Å². The fourth-order valence-corrected chi connectivity index (χ4v) is 2.19. The van der Waals surface area contributed by atoms with Crippen molar-refractivity contribution < 1.29 is 4.39 Å². The van der Waals surface area contributed by atoms with Gasteiger partial charge in [-0.15, -0.1) is 0 Å². The molecule has 1 unspecified atom stereocenters. The zero-order chi connectivity index (χ0) is 11.7. The normalized spacial score (nSPS) is 19.8. The van der Waals surface area contributed by atoms with Gasteiger partial charge in [-0.2, -0.15) is 0 Å². The van der Waals surface area contributed by atoms with E-state index in [0.29, 0.717) is 5.56 Å². The summed E-state index contributed by atoms with van der Waals surface area (Å²) in [5.74, 6) is -0.230. The first-order valence-electron chi connectivity index (χ1n) is 5.08. The van der Waals surface area contributed by atoms with Gasteiger partial charge in [0.2, 0.25) is 0 Å². The van der Waals surface area contributed by atoms with E-state index in [0.717, 1.165) is 16.2 Å². The van der Waals surface area contributed by atoms with Gasteiger partial charge in [-0.1, -0.05) is 42.5 Å². The number of benzene rings is 1. The van der Waals surface area contributed by atoms with E-state index in [9.17, 15) is 4.39 Å². The summed E-state index contributed by atoms with van der Waals surface area (Å²) in [4.78, 5) is 0. The minimum Gasteiger partial charge on any atom is -0.207 e. The summed E-state index contributed by atoms with van der Waals surface area (Å²) in [6.45, 7) is 5.72. The summed E-state index contributed by atoms with van der Waals surface area (Å²) in [5, 5.41) is 0.721. The van der Waals surface area contributed by atoms with Crippen LogP contribution in [0.2, 0.25) is 0 Å². The largest absolute Gasteiger partial charge is 0.207 e. The Bertz CT molecular complexity index is 497. The fourth-order valence-electron chi connectivity index (χ4n) is 1.85. The Morgan fingerprint density at radius 3 is 2.75 bits per heavy atom. The summed E-state index contributed by atoms with van der Waals surface area (Å²) >= 11 is 6.16. The first-order chi connectivity index (χ1) is 7.59. The molecule has 0 bridgehead atoms. The molecule has 0 amide bonds. The van der Waals surface area contributed by atoms with Gasteiger partial charge in [-0.25, -0.2) is 4.39 Å². The van der Waals surface area contributed by atoms with Crippen molar-refractivity contribution in [2.45, 2.75) is 12.8 Å². The molecule has 0 nitrogen and oxygen atoms in total. The minimum absolute atomic E-state index is 0.0361. The van der Waals surface area contributed by atoms with Crippen LogP contribution < -0.4 is 0 Å². The molecule has 1 aromatic carbocycles. The zero-order valence-electron chi connectivity index (χ0n) is 9.00. The summed E-state index contributed by atoms with van der Waals surface area (Å²) in [7, 11) is 0. The summed E-state index contributed by atoms with van der Waals surface area (Å²) in [6, 6.07) is 5.05. The van der Waals surface area contributed by atoms with Crippen molar-refractivity contribution in [2.24, 2.45) is 0 Å². The van der Waals surface area contributed by atoms with Gasteiger partial charge in [0, 0.05) is 11.0 Å². The standard InChI is InChI=1S/C14H12ClF/c1-9-4-3-5-12(15)14(9)11-6-7-13(16)10(2)8-11/h3-8,14H,1H2,2H3. The van der Waals surface area contributed by atoms with Crippen LogP contribution in [0.4, 0.5) is 4.39 Å². The van der Waals surface area contributed by atoms with Crippen molar-refractivity contribution >= 4 is 11.6 Å². The van der Waals surface area contributed by atoms with Crippen LogP contribution in [-0.4, -0.2) is 0 Å². The van der Waals surface area contributed by atoms with E-state index in [1.165, 1.54) is 6.07 Å². The molecule has 16 heavy (non-hydrogen) atoms. The van der Waals surface area contributed by atoms with E-state index < -0.39 is 0 Å². The molecule has 0 heterocycles. The molecule has 0 fully saturated rings. The van der Waals surface area contributed by atoms with Crippen LogP contribution in [0, 0.1) is 12.7 Å². The smallest absolute Gasteiger partial charge is 0.126 e. The monoisotopic (exact) mass is 234 g/mol. The maximum Gasteiger partial charge on any atom is 0.126 e. The molecular weight excluding hydrogens is 223 g/mol. The van der Waals surface area contributed by atoms with E-state index in [4.69, 9.17) is 11.6 Å². The third-order valence-corrected chi connectivity index (χ3v) is 3.07. The Labute approximate surface area is 99.7 Å². The van der Waals surface area contributed by atoms with Gasteiger partial charge in [-0.05, 0) is 35.8 Å². The van der Waals surface area contributed by atoms with Gasteiger partial charge in [-0.3, -0.25) is 0 Å². The Balaban J connectivity index is 2.44. The molecule has 2 rings (SSSR count). The predicted octanol–water partition coefficient (Wildman–Crippen LogP) is 4.47. The molecule has 2 heteroatoms. The highest BCUT2D eigenvalue weighted by Crippen LogP contribution is 2.36. The van der Waals surface area contributed by atoms with Crippen LogP contribution in [0.5, 0.6) is 0 Å². The summed E-state index contributed by atoms with van der Waals surface area (Å²) in [5.41, 5.74) is 2.54. The Morgan fingerprint density at radius 1 is 1.38 bits per heavy atom. The number of hydrogen-bond donors (Lipinski definition) is 0. The molecule has 82 valence electrons. The number of halogens is 2. The Morgan fingerprint density at radius 2 is 2.12 bits per heavy atom. The highest BCUT2D eigenvalue weighted by Gasteiger charge is 2.19. The predicted molar refractivity (Wildman–Crippen MR) is 66.1 cm³/mol. The summed E-state index contributed by atoms with van der Waals surface area (Å²) < 4.78 is 13.2. The average Bonchev–Trinajstić information content (AvgIpc) is 2.23. The molecule has 0 saturated carbocycles. The molecule has 1 aliphatic rings. The molecular formula is C14H12ClF. The number of rotatable bonds is 1. The highest BCUT2D eigenvalue weighted by molar-refractivity contribution is 6.30. The summed E-state index contributed by atoms with van der Waals surface area (Å²) in [6.07, 6.45) is 5.65. The lowest BCUT2D eigenvalue weighted by Crippen LogP contribution is -2.04. The van der Waals surface area contributed by atoms with Gasteiger partial charge in [0.05, 0.1) is 0 Å². The second-order valence-electron chi connectivity index (χ2n) is 3.93. The topological polar surface area (TPSA) is 0 Å². The lowest BCUT2D eigenvalue weighted by atomic mass is 9.88. The van der Waals surface area contributed by atoms with E-state index in [1.54, 1.807) is 13.0 Å². The van der Waals surface area contributed by atoms with Gasteiger partial charge in [0.1, 0.15) is 5.82 Å². The lowest BCUT2D eigenvalue weighted by Gasteiger charge is -2.20. The molecule has 0 aliphatic heterocycles. The third kappa shape index (κ3) is 1.96. The van der Waals surface area contributed by atoms with Gasteiger partial charge >= 0.3 is 0 Å². The molecule has 1 atom stereocenters. The molecule has 0 N–H and O–H groups in total. The number of allylic oxidation sites excluding steroid dienone is 5. The van der Waals surface area contributed by atoms with Crippen LogP contribution in [0.1, 0.15) is 17.0 Å². The third-order valence-electron chi connectivity index (χ3n) is 2.73. The van der Waals surface area contributed by atoms with Crippen LogP contribution in [0.3, 0.4) is 0 Å². The minimum atomic E-state index is -0.194. The second kappa shape index (κ2) is 4.26. The van der Waals surface area contributed by atoms with Crippen LogP contribution in [0.25, 0.3) is 0 Å². The van der Waals surface area contributed by atoms with Crippen molar-refractivity contribution in [3.05, 3.63) is 70.6 Å². The number of aryl methyl sites for hydroxylation is 1. The maximum atomic E-state index is 13.2. The zero-order valence-corrected chi connectivity index (χ0v) is 9.76. The first-order valence-corrected chi connectivity index (χ1v) is 5.46. The van der Waals surface area contributed by atoms with E-state index in [1.807, 2.05) is 24.3 Å². The van der Waals surface area contributed by atoms with Crippen molar-refractivity contribution in [1.29, 1.82) is 0 Å². The van der Waals surface area contributed by atoms with Crippen LogP contribution in [0.15, 0.2) is 53.6 Å². The van der Waals surface area contributed by atoms with Crippen LogP contribution >= 0.6 is 11.6 Å². The molecule has 0 saturated heterocycles. The van der Waals surface area contributed by atoms with E-state index in [2.05, 4.69) is 6.58 Å². The average molecular weight is 235 g/mol. The molecule has 0 aromatic heterocycles. The second-order valence-corrected chi connectivity index (χ2v) is 4.36. The van der Waals surface area contributed by atoms with Gasteiger partial charge in [0.15, 0.2) is 0 Å². The van der Waals surface area contributed by atoms with E-state index in [-0.39, 0.29) is 11.7 Å². The Hall–Kier alpha value is -1.34.